The van der Waals surface area contributed by atoms with E-state index in [1.165, 1.54) is 16.8 Å². The second-order valence-electron chi connectivity index (χ2n) is 5.46. The van der Waals surface area contributed by atoms with Crippen LogP contribution in [0.25, 0.3) is 0 Å². The zero-order valence-electron chi connectivity index (χ0n) is 10.8. The lowest BCUT2D eigenvalue weighted by atomic mass is 9.89. The summed E-state index contributed by atoms with van der Waals surface area (Å²) in [6.07, 6.45) is 11.5. The van der Waals surface area contributed by atoms with Crippen LogP contribution < -0.4 is 5.32 Å². The van der Waals surface area contributed by atoms with Crippen molar-refractivity contribution < 1.29 is 0 Å². The van der Waals surface area contributed by atoms with E-state index in [2.05, 4.69) is 84.6 Å². The topological polar surface area (TPSA) is 15.3 Å². The summed E-state index contributed by atoms with van der Waals surface area (Å²) in [5.74, 6) is 0.537. The summed E-state index contributed by atoms with van der Waals surface area (Å²) in [6, 6.07) is 4.31. The fourth-order valence-corrected chi connectivity index (χ4v) is 4.60. The molecule has 1 aromatic rings. The molecule has 4 heteroatoms. The highest BCUT2D eigenvalue weighted by atomic mass is 79.9. The summed E-state index contributed by atoms with van der Waals surface area (Å²) in [7, 11) is 0. The molecule has 0 spiro atoms. The number of nitrogens with one attached hydrogen (secondary N) is 1. The highest BCUT2D eigenvalue weighted by Crippen LogP contribution is 2.38. The van der Waals surface area contributed by atoms with Gasteiger partial charge in [-0.15, -0.1) is 0 Å². The molecule has 0 amide bonds. The molecule has 4 rings (SSSR count). The van der Waals surface area contributed by atoms with Crippen LogP contribution in [0.15, 0.2) is 57.0 Å². The molecule has 2 unspecified atom stereocenters. The van der Waals surface area contributed by atoms with Crippen LogP contribution in [0.4, 0.5) is 5.69 Å². The maximum Gasteiger partial charge on any atom is 0.0995 e. The number of hydrogen-bond acceptors (Lipinski definition) is 2. The normalized spacial score (nSPS) is 27.2. The van der Waals surface area contributed by atoms with Gasteiger partial charge in [-0.25, -0.2) is 0 Å². The first-order chi connectivity index (χ1) is 9.70. The zero-order valence-corrected chi connectivity index (χ0v) is 14.0. The maximum atomic E-state index is 3.66. The molecular weight excluding hydrogens is 380 g/mol. The van der Waals surface area contributed by atoms with E-state index in [4.69, 9.17) is 0 Å². The molecule has 0 fully saturated rings. The Hall–Kier alpha value is -0.840. The molecule has 1 aromatic carbocycles. The predicted molar refractivity (Wildman–Crippen MR) is 89.5 cm³/mol. The zero-order chi connectivity index (χ0) is 13.7. The van der Waals surface area contributed by atoms with Gasteiger partial charge >= 0.3 is 0 Å². The Morgan fingerprint density at radius 3 is 3.00 bits per heavy atom. The van der Waals surface area contributed by atoms with Gasteiger partial charge in [0.05, 0.1) is 11.9 Å². The van der Waals surface area contributed by atoms with Crippen molar-refractivity contribution >= 4 is 37.5 Å². The number of benzene rings is 1. The van der Waals surface area contributed by atoms with Crippen molar-refractivity contribution in [3.05, 3.63) is 62.6 Å². The summed E-state index contributed by atoms with van der Waals surface area (Å²) in [4.78, 5) is 2.50. The monoisotopic (exact) mass is 392 g/mol. The Labute approximate surface area is 135 Å². The summed E-state index contributed by atoms with van der Waals surface area (Å²) < 4.78 is 2.25. The maximum absolute atomic E-state index is 3.66. The third-order valence-electron chi connectivity index (χ3n) is 4.15. The standard InChI is InChI=1S/C16H14Br2N2/c17-13-5-12-9-20-8-11-4-2-1-3-10(11)6-15(20)19-16(12)14(18)7-13/h1-7,11,15,19H,8-9H2. The van der Waals surface area contributed by atoms with E-state index in [0.717, 1.165) is 22.0 Å². The molecule has 20 heavy (non-hydrogen) atoms. The van der Waals surface area contributed by atoms with E-state index >= 15 is 0 Å². The van der Waals surface area contributed by atoms with Crippen molar-refractivity contribution in [1.82, 2.24) is 4.90 Å². The first-order valence-corrected chi connectivity index (χ1v) is 8.34. The highest BCUT2D eigenvalue weighted by Gasteiger charge is 2.32. The van der Waals surface area contributed by atoms with Crippen LogP contribution in [0, 0.1) is 5.92 Å². The van der Waals surface area contributed by atoms with Crippen molar-refractivity contribution in [1.29, 1.82) is 0 Å². The smallest absolute Gasteiger partial charge is 0.0995 e. The summed E-state index contributed by atoms with van der Waals surface area (Å²) >= 11 is 7.24. The number of halogens is 2. The largest absolute Gasteiger partial charge is 0.365 e. The van der Waals surface area contributed by atoms with Gasteiger partial charge in [-0.1, -0.05) is 40.2 Å². The van der Waals surface area contributed by atoms with Crippen LogP contribution in [0.3, 0.4) is 0 Å². The molecule has 0 bridgehead atoms. The minimum absolute atomic E-state index is 0.294. The van der Waals surface area contributed by atoms with Gasteiger partial charge in [-0.2, -0.15) is 0 Å². The minimum atomic E-state index is 0.294. The van der Waals surface area contributed by atoms with E-state index in [-0.39, 0.29) is 0 Å². The molecule has 1 aliphatic carbocycles. The van der Waals surface area contributed by atoms with Gasteiger partial charge in [-0.3, -0.25) is 4.90 Å². The second-order valence-corrected chi connectivity index (χ2v) is 7.23. The summed E-state index contributed by atoms with van der Waals surface area (Å²) in [6.45, 7) is 2.07. The van der Waals surface area contributed by atoms with Gasteiger partial charge in [0.15, 0.2) is 0 Å². The van der Waals surface area contributed by atoms with Crippen molar-refractivity contribution in [2.45, 2.75) is 12.7 Å². The molecule has 0 radical (unpaired) electrons. The van der Waals surface area contributed by atoms with Crippen LogP contribution in [0.1, 0.15) is 5.56 Å². The minimum Gasteiger partial charge on any atom is -0.365 e. The highest BCUT2D eigenvalue weighted by molar-refractivity contribution is 9.11. The van der Waals surface area contributed by atoms with Crippen LogP contribution in [0.5, 0.6) is 0 Å². The number of anilines is 1. The molecule has 1 N–H and O–H groups in total. The van der Waals surface area contributed by atoms with Crippen molar-refractivity contribution in [3.63, 3.8) is 0 Å². The summed E-state index contributed by atoms with van der Waals surface area (Å²) in [5, 5.41) is 3.65. The van der Waals surface area contributed by atoms with Gasteiger partial charge in [0.1, 0.15) is 0 Å². The van der Waals surface area contributed by atoms with Crippen LogP contribution in [0.2, 0.25) is 0 Å². The molecule has 2 nitrogen and oxygen atoms in total. The van der Waals surface area contributed by atoms with Crippen molar-refractivity contribution in [3.8, 4) is 0 Å². The molecule has 2 atom stereocenters. The van der Waals surface area contributed by atoms with E-state index in [1.54, 1.807) is 0 Å². The van der Waals surface area contributed by atoms with Crippen LogP contribution in [-0.4, -0.2) is 17.6 Å². The van der Waals surface area contributed by atoms with Crippen LogP contribution in [-0.2, 0) is 6.54 Å². The Balaban J connectivity index is 1.73. The van der Waals surface area contributed by atoms with E-state index in [9.17, 15) is 0 Å². The molecule has 2 heterocycles. The average molecular weight is 394 g/mol. The fraction of sp³-hybridized carbons (Fsp3) is 0.250. The van der Waals surface area contributed by atoms with Crippen LogP contribution >= 0.6 is 31.9 Å². The fourth-order valence-electron chi connectivity index (χ4n) is 3.17. The Bertz CT molecular complexity index is 661. The lowest BCUT2D eigenvalue weighted by Gasteiger charge is -2.42. The molecule has 102 valence electrons. The van der Waals surface area contributed by atoms with Gasteiger partial charge in [0.25, 0.3) is 0 Å². The third kappa shape index (κ3) is 2.10. The lowest BCUT2D eigenvalue weighted by molar-refractivity contribution is 0.201. The number of rotatable bonds is 0. The number of nitrogens with zero attached hydrogens (tertiary/aromatic N) is 1. The average Bonchev–Trinajstić information content (AvgIpc) is 2.43. The molecule has 0 saturated heterocycles. The lowest BCUT2D eigenvalue weighted by Crippen LogP contribution is -2.48. The SMILES string of the molecule is Brc1cc(Br)c2c(c1)CN1CC3C=CC=CC3=CC1N2. The molecule has 2 aliphatic heterocycles. The second kappa shape index (κ2) is 4.86. The van der Waals surface area contributed by atoms with Crippen molar-refractivity contribution in [2.24, 2.45) is 5.92 Å². The Morgan fingerprint density at radius 1 is 1.20 bits per heavy atom. The first-order valence-electron chi connectivity index (χ1n) is 6.76. The third-order valence-corrected chi connectivity index (χ3v) is 5.23. The van der Waals surface area contributed by atoms with E-state index in [0.29, 0.717) is 12.1 Å². The number of allylic oxidation sites excluding steroid dienone is 3. The van der Waals surface area contributed by atoms with Gasteiger partial charge in [0.2, 0.25) is 0 Å². The Morgan fingerprint density at radius 2 is 2.10 bits per heavy atom. The van der Waals surface area contributed by atoms with Gasteiger partial charge in [-0.05, 0) is 45.3 Å². The predicted octanol–water partition coefficient (Wildman–Crippen LogP) is 4.45. The number of fused-ring (bicyclic) bond motifs is 3. The van der Waals surface area contributed by atoms with Crippen molar-refractivity contribution in [2.75, 3.05) is 11.9 Å². The van der Waals surface area contributed by atoms with E-state index < -0.39 is 0 Å². The molecule has 0 saturated carbocycles. The molecule has 0 aromatic heterocycles. The summed E-state index contributed by atoms with van der Waals surface area (Å²) in [5.41, 5.74) is 3.99. The quantitative estimate of drug-likeness (QED) is 0.700. The van der Waals surface area contributed by atoms with Gasteiger partial charge < -0.3 is 5.32 Å². The molecular formula is C16H14Br2N2. The Kier molecular flexibility index (Phi) is 3.13. The molecule has 3 aliphatic rings. The van der Waals surface area contributed by atoms with Gasteiger partial charge in [0, 0.05) is 28.0 Å². The first kappa shape index (κ1) is 12.9. The number of hydrogen-bond donors (Lipinski definition) is 1. The van der Waals surface area contributed by atoms with E-state index in [1.807, 2.05) is 0 Å².